The van der Waals surface area contributed by atoms with Crippen LogP contribution in [-0.4, -0.2) is 0 Å². The molecule has 0 aliphatic heterocycles. The summed E-state index contributed by atoms with van der Waals surface area (Å²) in [6.07, 6.45) is 4.35. The minimum Gasteiger partial charge on any atom is -0.206 e. The first-order valence-electron chi connectivity index (χ1n) is 8.94. The molecule has 24 heavy (non-hydrogen) atoms. The third-order valence-corrected chi connectivity index (χ3v) is 5.77. The Kier molecular flexibility index (Phi) is 4.76. The molecule has 128 valence electrons. The van der Waals surface area contributed by atoms with Crippen LogP contribution in [0.25, 0.3) is 11.1 Å². The van der Waals surface area contributed by atoms with Crippen LogP contribution in [0.15, 0.2) is 24.3 Å². The summed E-state index contributed by atoms with van der Waals surface area (Å²) in [6, 6.07) is 6.88. The Bertz CT molecular complexity index is 707. The van der Waals surface area contributed by atoms with Gasteiger partial charge in [-0.15, -0.1) is 0 Å². The van der Waals surface area contributed by atoms with Gasteiger partial charge in [-0.05, 0) is 85.4 Å². The molecule has 0 bridgehead atoms. The smallest absolute Gasteiger partial charge is 0.134 e. The van der Waals surface area contributed by atoms with Gasteiger partial charge in [0.05, 0.1) is 5.56 Å². The lowest BCUT2D eigenvalue weighted by Gasteiger charge is -2.26. The molecule has 0 amide bonds. The van der Waals surface area contributed by atoms with Gasteiger partial charge < -0.3 is 0 Å². The lowest BCUT2D eigenvalue weighted by Crippen LogP contribution is -2.11. The highest BCUT2D eigenvalue weighted by Gasteiger charge is 2.23. The highest BCUT2D eigenvalue weighted by molar-refractivity contribution is 5.68. The van der Waals surface area contributed by atoms with Crippen molar-refractivity contribution < 1.29 is 8.78 Å². The summed E-state index contributed by atoms with van der Waals surface area (Å²) >= 11 is 0. The van der Waals surface area contributed by atoms with Gasteiger partial charge >= 0.3 is 0 Å². The van der Waals surface area contributed by atoms with Crippen LogP contribution >= 0.6 is 0 Å². The molecule has 0 spiro atoms. The average molecular weight is 328 g/mol. The fourth-order valence-corrected chi connectivity index (χ4v) is 3.88. The summed E-state index contributed by atoms with van der Waals surface area (Å²) in [5.74, 6) is 0.145. The zero-order valence-corrected chi connectivity index (χ0v) is 15.0. The van der Waals surface area contributed by atoms with Crippen molar-refractivity contribution in [2.24, 2.45) is 5.92 Å². The first-order valence-corrected chi connectivity index (χ1v) is 8.94. The lowest BCUT2D eigenvalue weighted by molar-refractivity contribution is 0.346. The van der Waals surface area contributed by atoms with E-state index < -0.39 is 11.6 Å². The van der Waals surface area contributed by atoms with Gasteiger partial charge in [-0.3, -0.25) is 0 Å². The normalized spacial score (nSPS) is 21.1. The average Bonchev–Trinajstić information content (AvgIpc) is 2.52. The molecule has 2 heteroatoms. The van der Waals surface area contributed by atoms with E-state index >= 15 is 0 Å². The summed E-state index contributed by atoms with van der Waals surface area (Å²) in [6.45, 7) is 8.26. The Morgan fingerprint density at radius 3 is 1.79 bits per heavy atom. The highest BCUT2D eigenvalue weighted by atomic mass is 19.1. The fourth-order valence-electron chi connectivity index (χ4n) is 3.88. The molecule has 0 N–H and O–H groups in total. The van der Waals surface area contributed by atoms with Crippen LogP contribution in [0.1, 0.15) is 60.8 Å². The number of aryl methyl sites for hydroxylation is 2. The Morgan fingerprint density at radius 2 is 1.29 bits per heavy atom. The molecular weight excluding hydrogens is 302 g/mol. The Hall–Kier alpha value is -1.70. The Morgan fingerprint density at radius 1 is 0.792 bits per heavy atom. The predicted octanol–water partition coefficient (Wildman–Crippen LogP) is 6.85. The third-order valence-electron chi connectivity index (χ3n) is 5.77. The van der Waals surface area contributed by atoms with Crippen LogP contribution in [-0.2, 0) is 0 Å². The van der Waals surface area contributed by atoms with Crippen molar-refractivity contribution in [3.8, 4) is 11.1 Å². The van der Waals surface area contributed by atoms with Gasteiger partial charge in [-0.25, -0.2) is 8.78 Å². The van der Waals surface area contributed by atoms with Gasteiger partial charge in [0.25, 0.3) is 0 Å². The summed E-state index contributed by atoms with van der Waals surface area (Å²) in [7, 11) is 0. The van der Waals surface area contributed by atoms with Gasteiger partial charge in [0.2, 0.25) is 0 Å². The van der Waals surface area contributed by atoms with Crippen LogP contribution in [0.2, 0.25) is 0 Å². The van der Waals surface area contributed by atoms with Crippen molar-refractivity contribution in [3.63, 3.8) is 0 Å². The maximum Gasteiger partial charge on any atom is 0.134 e. The molecular formula is C22H26F2. The molecule has 0 nitrogen and oxygen atoms in total. The Labute approximate surface area is 143 Å². The van der Waals surface area contributed by atoms with E-state index in [0.29, 0.717) is 11.5 Å². The molecule has 0 aromatic heterocycles. The summed E-state index contributed by atoms with van der Waals surface area (Å²) < 4.78 is 29.5. The van der Waals surface area contributed by atoms with E-state index in [4.69, 9.17) is 0 Å². The van der Waals surface area contributed by atoms with E-state index in [1.807, 2.05) is 32.9 Å². The fraction of sp³-hybridized carbons (Fsp3) is 0.455. The molecule has 0 saturated heterocycles. The number of hydrogen-bond donors (Lipinski definition) is 0. The number of hydrogen-bond acceptors (Lipinski definition) is 0. The minimum absolute atomic E-state index is 0.106. The van der Waals surface area contributed by atoms with Gasteiger partial charge in [0.1, 0.15) is 11.6 Å². The number of rotatable bonds is 2. The van der Waals surface area contributed by atoms with Crippen molar-refractivity contribution in [2.75, 3.05) is 0 Å². The van der Waals surface area contributed by atoms with E-state index in [0.717, 1.165) is 48.3 Å². The minimum atomic E-state index is -0.439. The zero-order valence-electron chi connectivity index (χ0n) is 15.0. The van der Waals surface area contributed by atoms with Crippen LogP contribution in [0, 0.1) is 38.3 Å². The highest BCUT2D eigenvalue weighted by Crippen LogP contribution is 2.38. The van der Waals surface area contributed by atoms with Gasteiger partial charge in [-0.2, -0.15) is 0 Å². The molecule has 1 saturated carbocycles. The largest absolute Gasteiger partial charge is 0.206 e. The van der Waals surface area contributed by atoms with Crippen molar-refractivity contribution in [2.45, 2.75) is 59.3 Å². The maximum atomic E-state index is 14.8. The van der Waals surface area contributed by atoms with Gasteiger partial charge in [-0.1, -0.05) is 31.9 Å². The molecule has 0 radical (unpaired) electrons. The van der Waals surface area contributed by atoms with Crippen molar-refractivity contribution in [3.05, 3.63) is 58.2 Å². The van der Waals surface area contributed by atoms with Crippen LogP contribution in [0.3, 0.4) is 0 Å². The molecule has 1 fully saturated rings. The first-order chi connectivity index (χ1) is 11.4. The third kappa shape index (κ3) is 3.24. The van der Waals surface area contributed by atoms with Crippen molar-refractivity contribution in [1.82, 2.24) is 0 Å². The molecule has 0 atom stereocenters. The zero-order chi connectivity index (χ0) is 17.4. The molecule has 1 aliphatic rings. The molecule has 0 unspecified atom stereocenters. The second-order valence-electron chi connectivity index (χ2n) is 7.55. The standard InChI is InChI=1S/C22H26F2/c1-13-5-7-17(8-6-13)18-11-20(23)22(21(24)12-18)19-9-14(2)16(4)15(3)10-19/h9-13,17H,5-8H2,1-4H3. The Balaban J connectivity index is 1.99. The first kappa shape index (κ1) is 17.1. The van der Waals surface area contributed by atoms with E-state index in [2.05, 4.69) is 6.92 Å². The predicted molar refractivity (Wildman–Crippen MR) is 96.4 cm³/mol. The quantitative estimate of drug-likeness (QED) is 0.565. The maximum absolute atomic E-state index is 14.8. The van der Waals surface area contributed by atoms with Crippen LogP contribution in [0.4, 0.5) is 8.78 Å². The van der Waals surface area contributed by atoms with E-state index in [1.165, 1.54) is 5.56 Å². The number of halogens is 2. The SMILES string of the molecule is Cc1cc(-c2c(F)cc(C3CCC(C)CC3)cc2F)cc(C)c1C. The van der Waals surface area contributed by atoms with E-state index in [-0.39, 0.29) is 5.56 Å². The monoisotopic (exact) mass is 328 g/mol. The second-order valence-corrected chi connectivity index (χ2v) is 7.55. The molecule has 0 heterocycles. The van der Waals surface area contributed by atoms with Crippen molar-refractivity contribution in [1.29, 1.82) is 0 Å². The summed E-state index contributed by atoms with van der Waals surface area (Å²) in [5.41, 5.74) is 4.86. The molecule has 2 aromatic carbocycles. The van der Waals surface area contributed by atoms with E-state index in [1.54, 1.807) is 12.1 Å². The topological polar surface area (TPSA) is 0 Å². The van der Waals surface area contributed by atoms with Gasteiger partial charge in [0.15, 0.2) is 0 Å². The molecule has 2 aromatic rings. The lowest BCUT2D eigenvalue weighted by atomic mass is 9.79. The summed E-state index contributed by atoms with van der Waals surface area (Å²) in [5, 5.41) is 0. The van der Waals surface area contributed by atoms with E-state index in [9.17, 15) is 8.78 Å². The van der Waals surface area contributed by atoms with Crippen LogP contribution in [0.5, 0.6) is 0 Å². The van der Waals surface area contributed by atoms with Crippen LogP contribution < -0.4 is 0 Å². The summed E-state index contributed by atoms with van der Waals surface area (Å²) in [4.78, 5) is 0. The van der Waals surface area contributed by atoms with Crippen molar-refractivity contribution >= 4 is 0 Å². The van der Waals surface area contributed by atoms with Gasteiger partial charge in [0, 0.05) is 0 Å². The second kappa shape index (κ2) is 6.66. The molecule has 1 aliphatic carbocycles. The molecule has 3 rings (SSSR count). The number of benzene rings is 2.